The second-order valence-electron chi connectivity index (χ2n) is 5.15. The molecule has 4 nitrogen and oxygen atoms in total. The van der Waals surface area contributed by atoms with Gasteiger partial charge in [0.05, 0.1) is 17.1 Å². The molecule has 1 unspecified atom stereocenters. The summed E-state index contributed by atoms with van der Waals surface area (Å²) in [6.45, 7) is 2.04. The van der Waals surface area contributed by atoms with Crippen molar-refractivity contribution in [1.29, 1.82) is 5.26 Å². The smallest absolute Gasteiger partial charge is 0.152 e. The van der Waals surface area contributed by atoms with E-state index in [4.69, 9.17) is 5.26 Å². The Morgan fingerprint density at radius 2 is 2.26 bits per heavy atom. The molecule has 0 aromatic heterocycles. The van der Waals surface area contributed by atoms with Crippen molar-refractivity contribution in [2.75, 3.05) is 11.5 Å². The minimum atomic E-state index is -2.99. The minimum absolute atomic E-state index is 0.00324. The van der Waals surface area contributed by atoms with E-state index in [1.54, 1.807) is 18.2 Å². The van der Waals surface area contributed by atoms with Crippen molar-refractivity contribution in [1.82, 2.24) is 5.32 Å². The van der Waals surface area contributed by atoms with E-state index < -0.39 is 21.2 Å². The number of hydrogen-bond donors (Lipinski definition) is 1. The fourth-order valence-electron chi connectivity index (χ4n) is 2.26. The Labute approximate surface area is 112 Å². The fourth-order valence-corrected chi connectivity index (χ4v) is 4.38. The predicted molar refractivity (Wildman–Crippen MR) is 69.6 cm³/mol. The largest absolute Gasteiger partial charge is 0.306 e. The Balaban J connectivity index is 2.10. The summed E-state index contributed by atoms with van der Waals surface area (Å²) >= 11 is 0. The van der Waals surface area contributed by atoms with E-state index in [9.17, 15) is 12.8 Å². The quantitative estimate of drug-likeness (QED) is 0.909. The molecule has 1 N–H and O–H groups in total. The van der Waals surface area contributed by atoms with Crippen molar-refractivity contribution in [2.24, 2.45) is 0 Å². The van der Waals surface area contributed by atoms with Crippen LogP contribution in [0.15, 0.2) is 18.2 Å². The summed E-state index contributed by atoms with van der Waals surface area (Å²) in [5.41, 5.74) is -0.137. The molecule has 102 valence electrons. The van der Waals surface area contributed by atoms with Gasteiger partial charge in [0.15, 0.2) is 9.84 Å². The standard InChI is InChI=1S/C13H15FN2O2S/c1-13(5-6-19(17,18)9-13)16-8-11-4-2-3-10(7-15)12(11)14/h2-4,16H,5-6,8-9H2,1H3. The molecular formula is C13H15FN2O2S. The number of hydrogen-bond acceptors (Lipinski definition) is 4. The van der Waals surface area contributed by atoms with Crippen LogP contribution in [-0.4, -0.2) is 25.5 Å². The second kappa shape index (κ2) is 4.91. The number of nitrogens with one attached hydrogen (secondary N) is 1. The molecule has 1 saturated heterocycles. The molecule has 1 aromatic carbocycles. The third-order valence-electron chi connectivity index (χ3n) is 3.41. The van der Waals surface area contributed by atoms with Gasteiger partial charge in [-0.1, -0.05) is 12.1 Å². The van der Waals surface area contributed by atoms with E-state index in [0.717, 1.165) is 0 Å². The van der Waals surface area contributed by atoms with E-state index >= 15 is 0 Å². The van der Waals surface area contributed by atoms with Crippen LogP contribution in [0.2, 0.25) is 0 Å². The highest BCUT2D eigenvalue weighted by Crippen LogP contribution is 2.23. The first kappa shape index (κ1) is 14.0. The van der Waals surface area contributed by atoms with E-state index in [1.165, 1.54) is 6.07 Å². The Bertz CT molecular complexity index is 637. The highest BCUT2D eigenvalue weighted by Gasteiger charge is 2.37. The number of nitriles is 1. The molecule has 2 rings (SSSR count). The lowest BCUT2D eigenvalue weighted by Crippen LogP contribution is -2.43. The zero-order valence-electron chi connectivity index (χ0n) is 10.6. The lowest BCUT2D eigenvalue weighted by atomic mass is 10.0. The zero-order chi connectivity index (χ0) is 14.1. The molecule has 1 aromatic rings. The molecule has 1 atom stereocenters. The highest BCUT2D eigenvalue weighted by atomic mass is 32.2. The van der Waals surface area contributed by atoms with Crippen LogP contribution in [0.5, 0.6) is 0 Å². The van der Waals surface area contributed by atoms with Crippen LogP contribution in [-0.2, 0) is 16.4 Å². The van der Waals surface area contributed by atoms with Gasteiger partial charge in [-0.25, -0.2) is 12.8 Å². The minimum Gasteiger partial charge on any atom is -0.306 e. The van der Waals surface area contributed by atoms with E-state index in [-0.39, 0.29) is 23.6 Å². The molecule has 1 aliphatic rings. The summed E-state index contributed by atoms with van der Waals surface area (Å²) in [5, 5.41) is 11.8. The van der Waals surface area contributed by atoms with Gasteiger partial charge in [0.25, 0.3) is 0 Å². The molecule has 0 spiro atoms. The first-order valence-electron chi connectivity index (χ1n) is 5.98. The van der Waals surface area contributed by atoms with Crippen molar-refractivity contribution in [3.63, 3.8) is 0 Å². The third-order valence-corrected chi connectivity index (χ3v) is 5.31. The van der Waals surface area contributed by atoms with Crippen LogP contribution in [0, 0.1) is 17.1 Å². The van der Waals surface area contributed by atoms with Crippen molar-refractivity contribution in [3.05, 3.63) is 35.1 Å². The molecule has 0 amide bonds. The van der Waals surface area contributed by atoms with Crippen molar-refractivity contribution < 1.29 is 12.8 Å². The average Bonchev–Trinajstić information content (AvgIpc) is 2.63. The summed E-state index contributed by atoms with van der Waals surface area (Å²) in [7, 11) is -2.99. The number of nitrogens with zero attached hydrogens (tertiary/aromatic N) is 1. The first-order chi connectivity index (χ1) is 8.85. The summed E-state index contributed by atoms with van der Waals surface area (Å²) in [6.07, 6.45) is 0.523. The predicted octanol–water partition coefficient (Wildman–Crippen LogP) is 1.36. The normalized spacial score (nSPS) is 25.1. The fraction of sp³-hybridized carbons (Fsp3) is 0.462. The lowest BCUT2D eigenvalue weighted by Gasteiger charge is -2.24. The summed E-state index contributed by atoms with van der Waals surface area (Å²) in [4.78, 5) is 0. The summed E-state index contributed by atoms with van der Waals surface area (Å²) in [5.74, 6) is -0.307. The van der Waals surface area contributed by atoms with E-state index in [0.29, 0.717) is 12.0 Å². The Kier molecular flexibility index (Phi) is 3.61. The molecular weight excluding hydrogens is 267 g/mol. The van der Waals surface area contributed by atoms with Gasteiger partial charge in [-0.15, -0.1) is 0 Å². The molecule has 0 aliphatic carbocycles. The van der Waals surface area contributed by atoms with E-state index in [2.05, 4.69) is 5.32 Å². The topological polar surface area (TPSA) is 70.0 Å². The number of rotatable bonds is 3. The number of halogens is 1. The van der Waals surface area contributed by atoms with Gasteiger partial charge in [0.2, 0.25) is 0 Å². The van der Waals surface area contributed by atoms with Crippen molar-refractivity contribution in [2.45, 2.75) is 25.4 Å². The van der Waals surface area contributed by atoms with Gasteiger partial charge in [-0.05, 0) is 19.4 Å². The monoisotopic (exact) mass is 282 g/mol. The molecule has 0 bridgehead atoms. The molecule has 0 radical (unpaired) electrons. The first-order valence-corrected chi connectivity index (χ1v) is 7.80. The molecule has 0 saturated carbocycles. The maximum absolute atomic E-state index is 13.8. The van der Waals surface area contributed by atoms with E-state index in [1.807, 2.05) is 6.92 Å². The van der Waals surface area contributed by atoms with Crippen molar-refractivity contribution in [3.8, 4) is 6.07 Å². The van der Waals surface area contributed by atoms with Crippen LogP contribution < -0.4 is 5.32 Å². The van der Waals surface area contributed by atoms with Crippen LogP contribution in [0.1, 0.15) is 24.5 Å². The molecule has 1 fully saturated rings. The molecule has 19 heavy (non-hydrogen) atoms. The van der Waals surface area contributed by atoms with Gasteiger partial charge in [0.1, 0.15) is 11.9 Å². The molecule has 1 aliphatic heterocycles. The van der Waals surface area contributed by atoms with Crippen LogP contribution in [0.4, 0.5) is 4.39 Å². The average molecular weight is 282 g/mol. The highest BCUT2D eigenvalue weighted by molar-refractivity contribution is 7.91. The lowest BCUT2D eigenvalue weighted by molar-refractivity contribution is 0.391. The Morgan fingerprint density at radius 1 is 1.53 bits per heavy atom. The molecule has 1 heterocycles. The third kappa shape index (κ3) is 3.11. The molecule has 6 heteroatoms. The van der Waals surface area contributed by atoms with Crippen LogP contribution >= 0.6 is 0 Å². The van der Waals surface area contributed by atoms with Gasteiger partial charge in [-0.3, -0.25) is 0 Å². The van der Waals surface area contributed by atoms with Crippen LogP contribution in [0.25, 0.3) is 0 Å². The zero-order valence-corrected chi connectivity index (χ0v) is 11.4. The summed E-state index contributed by atoms with van der Waals surface area (Å²) < 4.78 is 36.8. The van der Waals surface area contributed by atoms with Crippen LogP contribution in [0.3, 0.4) is 0 Å². The van der Waals surface area contributed by atoms with Gasteiger partial charge in [-0.2, -0.15) is 5.26 Å². The van der Waals surface area contributed by atoms with Crippen molar-refractivity contribution >= 4 is 9.84 Å². The Hall–Kier alpha value is -1.45. The van der Waals surface area contributed by atoms with Gasteiger partial charge < -0.3 is 5.32 Å². The van der Waals surface area contributed by atoms with Gasteiger partial charge in [0, 0.05) is 17.6 Å². The second-order valence-corrected chi connectivity index (χ2v) is 7.33. The maximum atomic E-state index is 13.8. The Morgan fingerprint density at radius 3 is 2.84 bits per heavy atom. The number of sulfone groups is 1. The maximum Gasteiger partial charge on any atom is 0.152 e. The summed E-state index contributed by atoms with van der Waals surface area (Å²) in [6, 6.07) is 6.42. The van der Waals surface area contributed by atoms with Gasteiger partial charge >= 0.3 is 0 Å². The number of benzene rings is 1. The SMILES string of the molecule is CC1(NCc2cccc(C#N)c2F)CCS(=O)(=O)C1.